The van der Waals surface area contributed by atoms with E-state index in [1.54, 1.807) is 26.0 Å². The van der Waals surface area contributed by atoms with E-state index in [1.807, 2.05) is 0 Å². The summed E-state index contributed by atoms with van der Waals surface area (Å²) < 4.78 is 24.5. The van der Waals surface area contributed by atoms with E-state index in [0.29, 0.717) is 0 Å². The summed E-state index contributed by atoms with van der Waals surface area (Å²) in [6, 6.07) is 5.36. The number of halogens is 1. The van der Waals surface area contributed by atoms with Crippen molar-refractivity contribution in [2.75, 3.05) is 6.61 Å². The summed E-state index contributed by atoms with van der Waals surface area (Å²) >= 11 is 0. The molecule has 2 heterocycles. The molecule has 0 aliphatic carbocycles. The van der Waals surface area contributed by atoms with E-state index < -0.39 is 17.4 Å². The van der Waals surface area contributed by atoms with E-state index in [4.69, 9.17) is 9.15 Å². The molecule has 8 nitrogen and oxygen atoms in total. The first-order chi connectivity index (χ1) is 13.8. The molecule has 0 unspecified atom stereocenters. The molecule has 0 radical (unpaired) electrons. The maximum atomic E-state index is 13.0. The zero-order valence-electron chi connectivity index (χ0n) is 16.2. The zero-order valence-corrected chi connectivity index (χ0v) is 16.2. The number of esters is 1. The molecule has 0 bridgehead atoms. The molecule has 3 aromatic rings. The predicted molar refractivity (Wildman–Crippen MR) is 102 cm³/mol. The predicted octanol–water partition coefficient (Wildman–Crippen LogP) is 2.49. The van der Waals surface area contributed by atoms with Gasteiger partial charge in [-0.2, -0.15) is 0 Å². The lowest BCUT2D eigenvalue weighted by Crippen LogP contribution is -2.34. The minimum atomic E-state index is -0.685. The zero-order chi connectivity index (χ0) is 21.1. The number of ether oxygens (including phenoxy) is 1. The quantitative estimate of drug-likeness (QED) is 0.637. The van der Waals surface area contributed by atoms with Crippen LogP contribution in [0.3, 0.4) is 0 Å². The molecule has 1 amide bonds. The molecule has 29 heavy (non-hydrogen) atoms. The molecule has 1 N–H and O–H groups in total. The Hall–Kier alpha value is -3.49. The number of carbonyl (C=O) groups excluding carboxylic acids is 2. The van der Waals surface area contributed by atoms with E-state index in [2.05, 4.69) is 10.3 Å². The van der Waals surface area contributed by atoms with Gasteiger partial charge in [-0.1, -0.05) is 12.1 Å². The van der Waals surface area contributed by atoms with E-state index in [1.165, 1.54) is 25.4 Å². The summed E-state index contributed by atoms with van der Waals surface area (Å²) in [7, 11) is 0. The number of carbonyl (C=O) groups is 2. The molecule has 9 heteroatoms. The van der Waals surface area contributed by atoms with Crippen molar-refractivity contribution >= 4 is 23.0 Å². The van der Waals surface area contributed by atoms with E-state index >= 15 is 0 Å². The van der Waals surface area contributed by atoms with Crippen molar-refractivity contribution in [1.82, 2.24) is 14.9 Å². The molecule has 0 spiro atoms. The second-order valence-electron chi connectivity index (χ2n) is 6.45. The highest BCUT2D eigenvalue weighted by atomic mass is 19.1. The summed E-state index contributed by atoms with van der Waals surface area (Å²) in [6.45, 7) is 4.77. The Morgan fingerprint density at radius 1 is 1.31 bits per heavy atom. The van der Waals surface area contributed by atoms with Gasteiger partial charge in [0.15, 0.2) is 0 Å². The first kappa shape index (κ1) is 20.2. The number of amides is 1. The van der Waals surface area contributed by atoms with Gasteiger partial charge < -0.3 is 14.5 Å². The topological polar surface area (TPSA) is 103 Å². The second-order valence-corrected chi connectivity index (χ2v) is 6.45. The van der Waals surface area contributed by atoms with Gasteiger partial charge in [0.2, 0.25) is 11.6 Å². The highest BCUT2D eigenvalue weighted by Crippen LogP contribution is 2.21. The first-order valence-electron chi connectivity index (χ1n) is 9.02. The van der Waals surface area contributed by atoms with Gasteiger partial charge >= 0.3 is 5.97 Å². The van der Waals surface area contributed by atoms with Crippen LogP contribution in [0, 0.1) is 12.7 Å². The average Bonchev–Trinajstić information content (AvgIpc) is 3.01. The highest BCUT2D eigenvalue weighted by molar-refractivity contribution is 6.03. The summed E-state index contributed by atoms with van der Waals surface area (Å²) in [5.74, 6) is -1.28. The van der Waals surface area contributed by atoms with Gasteiger partial charge in [-0.25, -0.2) is 14.2 Å². The number of benzene rings is 1. The van der Waals surface area contributed by atoms with Crippen LogP contribution in [0.1, 0.15) is 41.6 Å². The minimum absolute atomic E-state index is 0.00638. The Morgan fingerprint density at radius 3 is 2.66 bits per heavy atom. The third kappa shape index (κ3) is 4.18. The summed E-state index contributed by atoms with van der Waals surface area (Å²) in [5, 5.41) is 2.71. The van der Waals surface area contributed by atoms with Crippen LogP contribution >= 0.6 is 0 Å². The Labute approximate surface area is 165 Å². The Morgan fingerprint density at radius 2 is 2.00 bits per heavy atom. The monoisotopic (exact) mass is 401 g/mol. The Kier molecular flexibility index (Phi) is 5.76. The molecular formula is C20H20FN3O5. The van der Waals surface area contributed by atoms with Crippen molar-refractivity contribution in [3.63, 3.8) is 0 Å². The number of nitrogens with one attached hydrogen (secondary N) is 1. The fraction of sp³-hybridized carbons (Fsp3) is 0.300. The molecule has 1 atom stereocenters. The number of nitrogens with zero attached hydrogens (tertiary/aromatic N) is 2. The molecule has 0 saturated carbocycles. The largest absolute Gasteiger partial charge is 0.462 e. The van der Waals surface area contributed by atoms with Gasteiger partial charge in [-0.05, 0) is 38.5 Å². The third-order valence-corrected chi connectivity index (χ3v) is 4.40. The van der Waals surface area contributed by atoms with Crippen LogP contribution in [0.25, 0.3) is 11.1 Å². The van der Waals surface area contributed by atoms with Crippen LogP contribution in [0.5, 0.6) is 0 Å². The maximum Gasteiger partial charge on any atom is 0.342 e. The molecule has 0 fully saturated rings. The summed E-state index contributed by atoms with van der Waals surface area (Å²) in [6.07, 6.45) is 1.19. The minimum Gasteiger partial charge on any atom is -0.462 e. The Balaban J connectivity index is 1.84. The molecule has 2 aromatic heterocycles. The van der Waals surface area contributed by atoms with E-state index in [9.17, 15) is 18.8 Å². The van der Waals surface area contributed by atoms with Crippen LogP contribution in [-0.2, 0) is 16.1 Å². The molecular weight excluding hydrogens is 381 g/mol. The highest BCUT2D eigenvalue weighted by Gasteiger charge is 2.24. The molecule has 152 valence electrons. The van der Waals surface area contributed by atoms with Crippen LogP contribution in [0.4, 0.5) is 4.39 Å². The molecule has 0 aliphatic heterocycles. The molecule has 3 rings (SSSR count). The van der Waals surface area contributed by atoms with Crippen molar-refractivity contribution in [2.45, 2.75) is 33.4 Å². The number of rotatable bonds is 6. The number of furan rings is 1. The summed E-state index contributed by atoms with van der Waals surface area (Å²) in [4.78, 5) is 41.4. The van der Waals surface area contributed by atoms with E-state index in [-0.39, 0.29) is 47.4 Å². The second kappa shape index (κ2) is 8.26. The van der Waals surface area contributed by atoms with E-state index in [0.717, 1.165) is 10.1 Å². The van der Waals surface area contributed by atoms with Gasteiger partial charge in [-0.15, -0.1) is 0 Å². The van der Waals surface area contributed by atoms with Gasteiger partial charge in [0.25, 0.3) is 5.56 Å². The van der Waals surface area contributed by atoms with Crippen LogP contribution in [0.15, 0.2) is 39.8 Å². The van der Waals surface area contributed by atoms with Crippen molar-refractivity contribution in [3.05, 3.63) is 63.7 Å². The fourth-order valence-electron chi connectivity index (χ4n) is 2.98. The molecule has 0 saturated heterocycles. The number of hydrogen-bond acceptors (Lipinski definition) is 6. The van der Waals surface area contributed by atoms with Crippen LogP contribution in [-0.4, -0.2) is 28.0 Å². The third-order valence-electron chi connectivity index (χ3n) is 4.40. The van der Waals surface area contributed by atoms with Crippen LogP contribution in [0.2, 0.25) is 0 Å². The maximum absolute atomic E-state index is 13.0. The summed E-state index contributed by atoms with van der Waals surface area (Å²) in [5.41, 5.74) is 0.149. The van der Waals surface area contributed by atoms with Crippen LogP contribution < -0.4 is 10.9 Å². The average molecular weight is 401 g/mol. The van der Waals surface area contributed by atoms with Crippen molar-refractivity contribution in [2.24, 2.45) is 0 Å². The van der Waals surface area contributed by atoms with Crippen molar-refractivity contribution < 1.29 is 23.1 Å². The van der Waals surface area contributed by atoms with Gasteiger partial charge in [0.05, 0.1) is 12.6 Å². The SMILES string of the molecule is CCOC(=O)c1c(C)oc2ncn(CC(=O)N[C@H](C)c3ccc(F)cc3)c(=O)c12. The molecule has 1 aromatic carbocycles. The number of fused-ring (bicyclic) bond motifs is 1. The van der Waals surface area contributed by atoms with Crippen molar-refractivity contribution in [3.8, 4) is 0 Å². The van der Waals surface area contributed by atoms with Crippen molar-refractivity contribution in [1.29, 1.82) is 0 Å². The number of hydrogen-bond donors (Lipinski definition) is 1. The lowest BCUT2D eigenvalue weighted by molar-refractivity contribution is -0.122. The lowest BCUT2D eigenvalue weighted by atomic mass is 10.1. The smallest absolute Gasteiger partial charge is 0.342 e. The standard InChI is InChI=1S/C20H20FN3O5/c1-4-28-20(27)16-12(3)29-18-17(16)19(26)24(10-22-18)9-15(25)23-11(2)13-5-7-14(21)8-6-13/h5-8,10-11H,4,9H2,1-3H3,(H,23,25)/t11-/m1/s1. The Bertz CT molecular complexity index is 1120. The lowest BCUT2D eigenvalue weighted by Gasteiger charge is -2.15. The fourth-order valence-corrected chi connectivity index (χ4v) is 2.98. The number of aromatic nitrogens is 2. The van der Waals surface area contributed by atoms with Gasteiger partial charge in [-0.3, -0.25) is 14.2 Å². The molecule has 0 aliphatic rings. The normalized spacial score (nSPS) is 12.0. The number of aryl methyl sites for hydroxylation is 1. The first-order valence-corrected chi connectivity index (χ1v) is 9.02. The van der Waals surface area contributed by atoms with Gasteiger partial charge in [0, 0.05) is 0 Å². The van der Waals surface area contributed by atoms with Gasteiger partial charge in [0.1, 0.15) is 35.4 Å².